The molecule has 0 unspecified atom stereocenters. The van der Waals surface area contributed by atoms with Gasteiger partial charge in [0.2, 0.25) is 0 Å². The zero-order valence-electron chi connectivity index (χ0n) is 12.6. The van der Waals surface area contributed by atoms with Crippen LogP contribution in [0.25, 0.3) is 0 Å². The van der Waals surface area contributed by atoms with Gasteiger partial charge in [-0.3, -0.25) is 4.98 Å². The van der Waals surface area contributed by atoms with Crippen molar-refractivity contribution in [3.8, 4) is 0 Å². The number of aromatic nitrogens is 1. The number of hydrogen-bond donors (Lipinski definition) is 1. The number of carbonyl (C=O) groups excluding carboxylic acids is 1. The predicted octanol–water partition coefficient (Wildman–Crippen LogP) is 4.07. The predicted molar refractivity (Wildman–Crippen MR) is 92.0 cm³/mol. The lowest BCUT2D eigenvalue weighted by atomic mass is 10.2. The lowest BCUT2D eigenvalue weighted by Crippen LogP contribution is -2.36. The number of nitrogens with zero attached hydrogens (tertiary/aromatic N) is 2. The molecule has 0 saturated heterocycles. The van der Waals surface area contributed by atoms with Gasteiger partial charge in [0.1, 0.15) is 0 Å². The summed E-state index contributed by atoms with van der Waals surface area (Å²) in [6, 6.07) is 8.45. The molecular weight excluding hydrogens is 337 g/mol. The zero-order chi connectivity index (χ0) is 16.7. The second kappa shape index (κ2) is 8.72. The second-order valence-electron chi connectivity index (χ2n) is 4.83. The normalized spacial score (nSPS) is 10.4. The Kier molecular flexibility index (Phi) is 6.65. The van der Waals surface area contributed by atoms with Gasteiger partial charge >= 0.3 is 6.03 Å². The Morgan fingerprint density at radius 2 is 1.96 bits per heavy atom. The van der Waals surface area contributed by atoms with Gasteiger partial charge in [-0.1, -0.05) is 23.2 Å². The average molecular weight is 354 g/mol. The molecule has 0 aliphatic heterocycles. The van der Waals surface area contributed by atoms with E-state index in [1.165, 1.54) is 0 Å². The summed E-state index contributed by atoms with van der Waals surface area (Å²) < 4.78 is 5.07. The molecule has 2 aromatic rings. The van der Waals surface area contributed by atoms with Gasteiger partial charge < -0.3 is 15.0 Å². The number of hydrogen-bond acceptors (Lipinski definition) is 3. The lowest BCUT2D eigenvalue weighted by Gasteiger charge is -2.23. The molecule has 0 aliphatic carbocycles. The van der Waals surface area contributed by atoms with Gasteiger partial charge in [0.05, 0.1) is 16.7 Å². The van der Waals surface area contributed by atoms with Crippen LogP contribution in [0.1, 0.15) is 5.56 Å². The summed E-state index contributed by atoms with van der Waals surface area (Å²) in [5.74, 6) is 0. The smallest absolute Gasteiger partial charge is 0.322 e. The highest BCUT2D eigenvalue weighted by atomic mass is 35.5. The first-order valence-electron chi connectivity index (χ1n) is 6.99. The Hall–Kier alpha value is -1.82. The van der Waals surface area contributed by atoms with Crippen molar-refractivity contribution in [3.05, 3.63) is 58.3 Å². The van der Waals surface area contributed by atoms with Crippen LogP contribution >= 0.6 is 23.2 Å². The Balaban J connectivity index is 2.07. The lowest BCUT2D eigenvalue weighted by molar-refractivity contribution is 0.153. The number of methoxy groups -OCH3 is 1. The van der Waals surface area contributed by atoms with E-state index in [4.69, 9.17) is 27.9 Å². The number of carbonyl (C=O) groups is 1. The third-order valence-electron chi connectivity index (χ3n) is 3.15. The van der Waals surface area contributed by atoms with E-state index < -0.39 is 0 Å². The molecule has 0 atom stereocenters. The molecule has 0 saturated carbocycles. The molecule has 23 heavy (non-hydrogen) atoms. The van der Waals surface area contributed by atoms with Gasteiger partial charge in [-0.25, -0.2) is 4.79 Å². The van der Waals surface area contributed by atoms with Crippen LogP contribution in [0.15, 0.2) is 42.7 Å². The zero-order valence-corrected chi connectivity index (χ0v) is 14.1. The molecule has 1 aromatic carbocycles. The van der Waals surface area contributed by atoms with Crippen LogP contribution in [0, 0.1) is 0 Å². The maximum Gasteiger partial charge on any atom is 0.322 e. The molecule has 2 rings (SSSR count). The van der Waals surface area contributed by atoms with Gasteiger partial charge in [-0.2, -0.15) is 0 Å². The van der Waals surface area contributed by atoms with E-state index in [0.29, 0.717) is 35.4 Å². The molecule has 7 heteroatoms. The first-order chi connectivity index (χ1) is 11.1. The number of halogens is 2. The molecule has 122 valence electrons. The quantitative estimate of drug-likeness (QED) is 0.851. The van der Waals surface area contributed by atoms with Crippen molar-refractivity contribution in [1.29, 1.82) is 0 Å². The van der Waals surface area contributed by atoms with Crippen molar-refractivity contribution in [1.82, 2.24) is 9.88 Å². The number of rotatable bonds is 6. The fourth-order valence-electron chi connectivity index (χ4n) is 1.94. The van der Waals surface area contributed by atoms with Gasteiger partial charge in [0.25, 0.3) is 0 Å². The topological polar surface area (TPSA) is 54.5 Å². The van der Waals surface area contributed by atoms with E-state index in [9.17, 15) is 4.79 Å². The van der Waals surface area contributed by atoms with Crippen LogP contribution in [-0.4, -0.2) is 36.2 Å². The summed E-state index contributed by atoms with van der Waals surface area (Å²) in [4.78, 5) is 18.1. The van der Waals surface area contributed by atoms with Gasteiger partial charge in [0.15, 0.2) is 0 Å². The van der Waals surface area contributed by atoms with Crippen molar-refractivity contribution in [2.24, 2.45) is 0 Å². The Bertz CT molecular complexity index is 653. The molecule has 0 fully saturated rings. The van der Waals surface area contributed by atoms with Crippen LogP contribution < -0.4 is 5.32 Å². The second-order valence-corrected chi connectivity index (χ2v) is 5.64. The minimum Gasteiger partial charge on any atom is -0.383 e. The number of nitrogens with one attached hydrogen (secondary N) is 1. The van der Waals surface area contributed by atoms with Crippen LogP contribution in [-0.2, 0) is 11.3 Å². The maximum absolute atomic E-state index is 12.5. The molecule has 2 amide bonds. The number of ether oxygens (including phenoxy) is 1. The summed E-state index contributed by atoms with van der Waals surface area (Å²) in [5.41, 5.74) is 1.57. The van der Waals surface area contributed by atoms with Crippen LogP contribution in [0.4, 0.5) is 10.5 Å². The summed E-state index contributed by atoms with van der Waals surface area (Å²) in [5, 5.41) is 3.65. The van der Waals surface area contributed by atoms with Crippen LogP contribution in [0.3, 0.4) is 0 Å². The summed E-state index contributed by atoms with van der Waals surface area (Å²) in [7, 11) is 1.60. The maximum atomic E-state index is 12.5. The largest absolute Gasteiger partial charge is 0.383 e. The summed E-state index contributed by atoms with van der Waals surface area (Å²) in [6.07, 6.45) is 3.39. The highest BCUT2D eigenvalue weighted by molar-refractivity contribution is 6.42. The van der Waals surface area contributed by atoms with Gasteiger partial charge in [0, 0.05) is 38.3 Å². The number of pyridine rings is 1. The molecule has 1 aromatic heterocycles. The number of benzene rings is 1. The first-order valence-corrected chi connectivity index (χ1v) is 7.74. The van der Waals surface area contributed by atoms with Crippen LogP contribution in [0.2, 0.25) is 10.0 Å². The van der Waals surface area contributed by atoms with Crippen molar-refractivity contribution < 1.29 is 9.53 Å². The summed E-state index contributed by atoms with van der Waals surface area (Å²) in [6.45, 7) is 1.37. The fourth-order valence-corrected chi connectivity index (χ4v) is 2.24. The Labute approximate surface area is 145 Å². The minimum atomic E-state index is -0.239. The highest BCUT2D eigenvalue weighted by Gasteiger charge is 2.14. The van der Waals surface area contributed by atoms with E-state index >= 15 is 0 Å². The highest BCUT2D eigenvalue weighted by Crippen LogP contribution is 2.25. The van der Waals surface area contributed by atoms with Crippen molar-refractivity contribution in [2.75, 3.05) is 25.6 Å². The molecule has 0 aliphatic rings. The van der Waals surface area contributed by atoms with E-state index in [2.05, 4.69) is 10.3 Å². The van der Waals surface area contributed by atoms with Crippen molar-refractivity contribution in [3.63, 3.8) is 0 Å². The molecule has 1 N–H and O–H groups in total. The monoisotopic (exact) mass is 353 g/mol. The van der Waals surface area contributed by atoms with E-state index in [1.807, 2.05) is 12.1 Å². The number of amides is 2. The molecule has 1 heterocycles. The fraction of sp³-hybridized carbons (Fsp3) is 0.250. The third-order valence-corrected chi connectivity index (χ3v) is 3.89. The Morgan fingerprint density at radius 3 is 2.61 bits per heavy atom. The SMILES string of the molecule is COCCN(Cc1ccncc1)C(=O)Nc1ccc(Cl)c(Cl)c1. The minimum absolute atomic E-state index is 0.239. The van der Waals surface area contributed by atoms with Crippen LogP contribution in [0.5, 0.6) is 0 Å². The molecular formula is C16H17Cl2N3O2. The van der Waals surface area contributed by atoms with E-state index in [-0.39, 0.29) is 6.03 Å². The standard InChI is InChI=1S/C16H17Cl2N3O2/c1-23-9-8-21(11-12-4-6-19-7-5-12)16(22)20-13-2-3-14(17)15(18)10-13/h2-7,10H,8-9,11H2,1H3,(H,20,22). The van der Waals surface area contributed by atoms with Gasteiger partial charge in [-0.05, 0) is 35.9 Å². The number of anilines is 1. The average Bonchev–Trinajstić information content (AvgIpc) is 2.55. The first kappa shape index (κ1) is 17.5. The number of urea groups is 1. The molecule has 0 bridgehead atoms. The van der Waals surface area contributed by atoms with Gasteiger partial charge in [-0.15, -0.1) is 0 Å². The molecule has 0 spiro atoms. The van der Waals surface area contributed by atoms with E-state index in [1.54, 1.807) is 42.6 Å². The summed E-state index contributed by atoms with van der Waals surface area (Å²) >= 11 is 11.8. The third kappa shape index (κ3) is 5.39. The molecule has 0 radical (unpaired) electrons. The van der Waals surface area contributed by atoms with Crippen molar-refractivity contribution in [2.45, 2.75) is 6.54 Å². The molecule has 5 nitrogen and oxygen atoms in total. The van der Waals surface area contributed by atoms with Crippen molar-refractivity contribution >= 4 is 34.9 Å². The Morgan fingerprint density at radius 1 is 1.22 bits per heavy atom. The van der Waals surface area contributed by atoms with E-state index in [0.717, 1.165) is 5.56 Å².